The van der Waals surface area contributed by atoms with Crippen LogP contribution in [0.25, 0.3) is 0 Å². The van der Waals surface area contributed by atoms with Crippen LogP contribution < -0.4 is 4.90 Å². The summed E-state index contributed by atoms with van der Waals surface area (Å²) in [6.45, 7) is 0.597. The highest BCUT2D eigenvalue weighted by molar-refractivity contribution is 7.07. The van der Waals surface area contributed by atoms with E-state index in [0.29, 0.717) is 12.5 Å². The van der Waals surface area contributed by atoms with E-state index >= 15 is 0 Å². The molecule has 2 rings (SSSR count). The van der Waals surface area contributed by atoms with Crippen molar-refractivity contribution in [2.75, 3.05) is 11.9 Å². The van der Waals surface area contributed by atoms with Crippen molar-refractivity contribution in [3.05, 3.63) is 27.2 Å². The fourth-order valence-electron chi connectivity index (χ4n) is 1.12. The molecule has 0 aliphatic rings. The second-order valence-electron chi connectivity index (χ2n) is 3.01. The van der Waals surface area contributed by atoms with E-state index in [1.165, 1.54) is 0 Å². The van der Waals surface area contributed by atoms with Crippen LogP contribution in [0, 0.1) is 0 Å². The molecule has 0 N–H and O–H groups in total. The van der Waals surface area contributed by atoms with Crippen molar-refractivity contribution >= 4 is 40.5 Å². The fraction of sp³-hybridized carbons (Fsp3) is 0.250. The van der Waals surface area contributed by atoms with E-state index in [1.54, 1.807) is 21.7 Å². The van der Waals surface area contributed by atoms with Crippen molar-refractivity contribution in [3.8, 4) is 0 Å². The van der Waals surface area contributed by atoms with Gasteiger partial charge in [0.1, 0.15) is 0 Å². The van der Waals surface area contributed by atoms with Gasteiger partial charge >= 0.3 is 0 Å². The molecule has 0 unspecified atom stereocenters. The monoisotopic (exact) mass is 275 g/mol. The standard InChI is InChI=1S/C8H7Cl2N5S/c1-15(2-5-3-16-4-11-5)8-13-6(9)12-7(10)14-8/h3-4H,2H2,1H3. The summed E-state index contributed by atoms with van der Waals surface area (Å²) < 4.78 is 0. The predicted octanol–water partition coefficient (Wildman–Crippen LogP) is 2.27. The van der Waals surface area contributed by atoms with Crippen LogP contribution in [0.15, 0.2) is 10.9 Å². The first-order chi connectivity index (χ1) is 7.65. The fourth-order valence-corrected chi connectivity index (χ4v) is 2.02. The Morgan fingerprint density at radius 1 is 1.25 bits per heavy atom. The van der Waals surface area contributed by atoms with Gasteiger partial charge in [-0.15, -0.1) is 11.3 Å². The highest BCUT2D eigenvalue weighted by Gasteiger charge is 2.09. The van der Waals surface area contributed by atoms with E-state index in [2.05, 4.69) is 19.9 Å². The number of thiazole rings is 1. The van der Waals surface area contributed by atoms with Crippen molar-refractivity contribution in [2.45, 2.75) is 6.54 Å². The summed E-state index contributed by atoms with van der Waals surface area (Å²) in [5.74, 6) is 0.429. The van der Waals surface area contributed by atoms with E-state index in [9.17, 15) is 0 Å². The first kappa shape index (κ1) is 11.5. The smallest absolute Gasteiger partial charge is 0.231 e. The maximum atomic E-state index is 5.69. The molecule has 2 aromatic heterocycles. The summed E-state index contributed by atoms with van der Waals surface area (Å²) in [5.41, 5.74) is 2.72. The van der Waals surface area contributed by atoms with Crippen LogP contribution in [0.2, 0.25) is 10.6 Å². The summed E-state index contributed by atoms with van der Waals surface area (Å²) in [7, 11) is 1.83. The molecule has 0 radical (unpaired) electrons. The van der Waals surface area contributed by atoms with Gasteiger partial charge in [0.05, 0.1) is 17.7 Å². The Balaban J connectivity index is 2.17. The van der Waals surface area contributed by atoms with Crippen LogP contribution in [0.4, 0.5) is 5.95 Å². The lowest BCUT2D eigenvalue weighted by Gasteiger charge is -2.15. The number of anilines is 1. The molecule has 8 heteroatoms. The van der Waals surface area contributed by atoms with Gasteiger partial charge in [-0.2, -0.15) is 15.0 Å². The van der Waals surface area contributed by atoms with E-state index in [4.69, 9.17) is 23.2 Å². The van der Waals surface area contributed by atoms with Crippen LogP contribution in [0.3, 0.4) is 0 Å². The molecule has 0 aliphatic heterocycles. The Kier molecular flexibility index (Phi) is 3.52. The average Bonchev–Trinajstić information content (AvgIpc) is 2.68. The molecular weight excluding hydrogens is 269 g/mol. The summed E-state index contributed by atoms with van der Waals surface area (Å²) >= 11 is 12.9. The number of hydrogen-bond donors (Lipinski definition) is 0. The average molecular weight is 276 g/mol. The SMILES string of the molecule is CN(Cc1cscn1)c1nc(Cl)nc(Cl)n1. The summed E-state index contributed by atoms with van der Waals surface area (Å²) in [5, 5.41) is 2.13. The van der Waals surface area contributed by atoms with Gasteiger partial charge in [0.2, 0.25) is 16.5 Å². The Morgan fingerprint density at radius 3 is 2.50 bits per heavy atom. The Bertz CT molecular complexity index is 455. The van der Waals surface area contributed by atoms with Crippen LogP contribution in [0.5, 0.6) is 0 Å². The normalized spacial score (nSPS) is 10.4. The molecule has 2 heterocycles. The Labute approximate surface area is 106 Å². The van der Waals surface area contributed by atoms with Gasteiger partial charge in [-0.25, -0.2) is 4.98 Å². The first-order valence-corrected chi connectivity index (χ1v) is 6.00. The molecule has 16 heavy (non-hydrogen) atoms. The molecule has 0 aliphatic carbocycles. The van der Waals surface area contributed by atoms with E-state index in [0.717, 1.165) is 5.69 Å². The number of nitrogens with zero attached hydrogens (tertiary/aromatic N) is 5. The molecular formula is C8H7Cl2N5S. The van der Waals surface area contributed by atoms with E-state index < -0.39 is 0 Å². The number of halogens is 2. The minimum absolute atomic E-state index is 0.0835. The van der Waals surface area contributed by atoms with Gasteiger partial charge in [0, 0.05) is 12.4 Å². The lowest BCUT2D eigenvalue weighted by molar-refractivity contribution is 0.836. The minimum atomic E-state index is 0.0835. The zero-order chi connectivity index (χ0) is 11.5. The molecule has 0 bridgehead atoms. The minimum Gasteiger partial charge on any atom is -0.338 e. The van der Waals surface area contributed by atoms with Crippen LogP contribution in [0.1, 0.15) is 5.69 Å². The summed E-state index contributed by atoms with van der Waals surface area (Å²) in [6, 6.07) is 0. The Hall–Kier alpha value is -0.980. The molecule has 0 saturated carbocycles. The van der Waals surface area contributed by atoms with Gasteiger partial charge in [-0.05, 0) is 23.2 Å². The van der Waals surface area contributed by atoms with Crippen molar-refractivity contribution in [2.24, 2.45) is 0 Å². The number of hydrogen-bond acceptors (Lipinski definition) is 6. The maximum Gasteiger partial charge on any atom is 0.231 e. The third-order valence-electron chi connectivity index (χ3n) is 1.79. The topological polar surface area (TPSA) is 54.8 Å². The number of rotatable bonds is 3. The van der Waals surface area contributed by atoms with Gasteiger partial charge in [0.25, 0.3) is 0 Å². The quantitative estimate of drug-likeness (QED) is 0.860. The van der Waals surface area contributed by atoms with Crippen molar-refractivity contribution in [1.82, 2.24) is 19.9 Å². The van der Waals surface area contributed by atoms with E-state index in [-0.39, 0.29) is 10.6 Å². The molecule has 0 fully saturated rings. The van der Waals surface area contributed by atoms with E-state index in [1.807, 2.05) is 12.4 Å². The third-order valence-corrected chi connectivity index (χ3v) is 2.77. The second kappa shape index (κ2) is 4.90. The summed E-state index contributed by atoms with van der Waals surface area (Å²) in [6.07, 6.45) is 0. The van der Waals surface area contributed by atoms with Crippen molar-refractivity contribution in [3.63, 3.8) is 0 Å². The van der Waals surface area contributed by atoms with Crippen molar-refractivity contribution in [1.29, 1.82) is 0 Å². The molecule has 0 amide bonds. The van der Waals surface area contributed by atoms with Gasteiger partial charge in [-0.3, -0.25) is 0 Å². The van der Waals surface area contributed by atoms with Crippen LogP contribution in [-0.4, -0.2) is 27.0 Å². The molecule has 0 spiro atoms. The lowest BCUT2D eigenvalue weighted by Crippen LogP contribution is -2.19. The summed E-state index contributed by atoms with van der Waals surface area (Å²) in [4.78, 5) is 17.6. The Morgan fingerprint density at radius 2 is 1.94 bits per heavy atom. The molecule has 84 valence electrons. The largest absolute Gasteiger partial charge is 0.338 e. The van der Waals surface area contributed by atoms with Gasteiger partial charge in [-0.1, -0.05) is 0 Å². The highest BCUT2D eigenvalue weighted by Crippen LogP contribution is 2.14. The second-order valence-corrected chi connectivity index (χ2v) is 4.40. The van der Waals surface area contributed by atoms with Crippen molar-refractivity contribution < 1.29 is 0 Å². The molecule has 0 atom stereocenters. The molecule has 0 saturated heterocycles. The number of aromatic nitrogens is 4. The zero-order valence-electron chi connectivity index (χ0n) is 8.26. The highest BCUT2D eigenvalue weighted by atomic mass is 35.5. The molecule has 0 aromatic carbocycles. The van der Waals surface area contributed by atoms with Gasteiger partial charge < -0.3 is 4.90 Å². The third kappa shape index (κ3) is 2.78. The van der Waals surface area contributed by atoms with Gasteiger partial charge in [0.15, 0.2) is 0 Å². The predicted molar refractivity (Wildman–Crippen MR) is 64.1 cm³/mol. The lowest BCUT2D eigenvalue weighted by atomic mass is 10.4. The van der Waals surface area contributed by atoms with Crippen LogP contribution >= 0.6 is 34.5 Å². The molecule has 2 aromatic rings. The maximum absolute atomic E-state index is 5.69. The molecule has 5 nitrogen and oxygen atoms in total. The zero-order valence-corrected chi connectivity index (χ0v) is 10.6. The van der Waals surface area contributed by atoms with Crippen LogP contribution in [-0.2, 0) is 6.54 Å². The first-order valence-electron chi connectivity index (χ1n) is 4.30.